The number of nitrogens with zero attached hydrogens (tertiary/aromatic N) is 3. The van der Waals surface area contributed by atoms with Gasteiger partial charge in [-0.05, 0) is 36.2 Å². The molecule has 0 aliphatic rings. The van der Waals surface area contributed by atoms with Gasteiger partial charge in [-0.2, -0.15) is 0 Å². The molecule has 0 amide bonds. The fourth-order valence-corrected chi connectivity index (χ4v) is 3.55. The Morgan fingerprint density at radius 2 is 2.08 bits per heavy atom. The lowest BCUT2D eigenvalue weighted by atomic mass is 10.1. The molecule has 0 atom stereocenters. The van der Waals surface area contributed by atoms with Crippen LogP contribution in [0.15, 0.2) is 48.7 Å². The fraction of sp³-hybridized carbons (Fsp3) is 0.111. The van der Waals surface area contributed by atoms with Crippen LogP contribution in [-0.2, 0) is 6.54 Å². The molecule has 0 aliphatic heterocycles. The van der Waals surface area contributed by atoms with Crippen LogP contribution in [-0.4, -0.2) is 14.6 Å². The number of rotatable bonds is 4. The summed E-state index contributed by atoms with van der Waals surface area (Å²) in [4.78, 5) is 5.15. The van der Waals surface area contributed by atoms with E-state index < -0.39 is 5.82 Å². The van der Waals surface area contributed by atoms with Crippen LogP contribution in [0.25, 0.3) is 16.2 Å². The van der Waals surface area contributed by atoms with Crippen LogP contribution in [0.4, 0.5) is 9.52 Å². The number of hydrogen-bond donors (Lipinski definition) is 1. The summed E-state index contributed by atoms with van der Waals surface area (Å²) < 4.78 is 15.1. The molecule has 0 radical (unpaired) electrons. The van der Waals surface area contributed by atoms with Crippen molar-refractivity contribution in [2.45, 2.75) is 13.5 Å². The van der Waals surface area contributed by atoms with Crippen molar-refractivity contribution in [2.24, 2.45) is 0 Å². The van der Waals surface area contributed by atoms with Crippen molar-refractivity contribution in [2.75, 3.05) is 5.32 Å². The average Bonchev–Trinajstić information content (AvgIpc) is 3.17. The predicted molar refractivity (Wildman–Crippen MR) is 99.8 cm³/mol. The van der Waals surface area contributed by atoms with Crippen LogP contribution >= 0.6 is 22.9 Å². The maximum Gasteiger partial charge on any atom is 0.214 e. The molecule has 0 spiro atoms. The Morgan fingerprint density at radius 1 is 1.24 bits per heavy atom. The number of halogens is 2. The molecule has 126 valence electrons. The van der Waals surface area contributed by atoms with E-state index in [2.05, 4.69) is 34.5 Å². The highest BCUT2D eigenvalue weighted by Gasteiger charge is 2.13. The minimum absolute atomic E-state index is 0.0839. The smallest absolute Gasteiger partial charge is 0.214 e. The van der Waals surface area contributed by atoms with Gasteiger partial charge >= 0.3 is 0 Å². The van der Waals surface area contributed by atoms with Crippen molar-refractivity contribution >= 4 is 33.0 Å². The zero-order chi connectivity index (χ0) is 17.4. The van der Waals surface area contributed by atoms with Gasteiger partial charge in [0, 0.05) is 12.1 Å². The van der Waals surface area contributed by atoms with Crippen molar-refractivity contribution in [1.82, 2.24) is 14.6 Å². The first-order chi connectivity index (χ1) is 12.1. The Kier molecular flexibility index (Phi) is 4.15. The van der Waals surface area contributed by atoms with Gasteiger partial charge in [-0.25, -0.2) is 13.9 Å². The summed E-state index contributed by atoms with van der Waals surface area (Å²) in [6.45, 7) is 2.78. The number of aromatic nitrogens is 3. The van der Waals surface area contributed by atoms with Crippen LogP contribution in [0, 0.1) is 12.7 Å². The van der Waals surface area contributed by atoms with E-state index in [-0.39, 0.29) is 5.02 Å². The van der Waals surface area contributed by atoms with Gasteiger partial charge in [-0.3, -0.25) is 0 Å². The Hall–Kier alpha value is -2.44. The molecule has 2 heterocycles. The maximum absolute atomic E-state index is 13.4. The molecule has 2 aromatic heterocycles. The van der Waals surface area contributed by atoms with Gasteiger partial charge in [0.15, 0.2) is 0 Å². The van der Waals surface area contributed by atoms with Crippen LogP contribution in [0.3, 0.4) is 0 Å². The molecule has 4 rings (SSSR count). The SMILES string of the molecule is Cc1ccccc1CNc1nn2c(-c3ccc(F)c(Cl)c3)cnc2s1. The van der Waals surface area contributed by atoms with Gasteiger partial charge in [0.1, 0.15) is 5.82 Å². The summed E-state index contributed by atoms with van der Waals surface area (Å²) >= 11 is 7.35. The van der Waals surface area contributed by atoms with E-state index in [1.807, 2.05) is 12.1 Å². The number of hydrogen-bond acceptors (Lipinski definition) is 4. The quantitative estimate of drug-likeness (QED) is 0.537. The third kappa shape index (κ3) is 3.10. The standard InChI is InChI=1S/C18H14ClFN4S/c1-11-4-2-3-5-13(11)9-21-17-23-24-16(10-22-18(24)25-17)12-6-7-15(20)14(19)8-12/h2-8,10H,9H2,1H3,(H,21,23). The fourth-order valence-electron chi connectivity index (χ4n) is 2.60. The van der Waals surface area contributed by atoms with E-state index in [1.165, 1.54) is 28.5 Å². The van der Waals surface area contributed by atoms with E-state index in [4.69, 9.17) is 11.6 Å². The summed E-state index contributed by atoms with van der Waals surface area (Å²) in [5, 5.41) is 8.77. The van der Waals surface area contributed by atoms with E-state index >= 15 is 0 Å². The van der Waals surface area contributed by atoms with Crippen molar-refractivity contribution in [3.63, 3.8) is 0 Å². The van der Waals surface area contributed by atoms with E-state index in [0.717, 1.165) is 21.3 Å². The molecule has 2 aromatic carbocycles. The van der Waals surface area contributed by atoms with Crippen LogP contribution in [0.2, 0.25) is 5.02 Å². The zero-order valence-electron chi connectivity index (χ0n) is 13.3. The second-order valence-corrected chi connectivity index (χ2v) is 7.02. The second-order valence-electron chi connectivity index (χ2n) is 5.65. The topological polar surface area (TPSA) is 42.2 Å². The number of nitrogens with one attached hydrogen (secondary N) is 1. The number of imidazole rings is 1. The molecule has 0 unspecified atom stereocenters. The Balaban J connectivity index is 1.62. The molecule has 7 heteroatoms. The second kappa shape index (κ2) is 6.46. The third-order valence-corrected chi connectivity index (χ3v) is 5.16. The first-order valence-electron chi connectivity index (χ1n) is 7.70. The highest BCUT2D eigenvalue weighted by atomic mass is 35.5. The minimum Gasteiger partial charge on any atom is -0.356 e. The lowest BCUT2D eigenvalue weighted by Gasteiger charge is -2.05. The molecule has 0 bridgehead atoms. The average molecular weight is 373 g/mol. The molecule has 4 nitrogen and oxygen atoms in total. The number of anilines is 1. The van der Waals surface area contributed by atoms with Crippen molar-refractivity contribution < 1.29 is 4.39 Å². The largest absolute Gasteiger partial charge is 0.356 e. The minimum atomic E-state index is -0.440. The van der Waals surface area contributed by atoms with Gasteiger partial charge in [-0.15, -0.1) is 5.10 Å². The monoisotopic (exact) mass is 372 g/mol. The molecular weight excluding hydrogens is 359 g/mol. The summed E-state index contributed by atoms with van der Waals surface area (Å²) in [6.07, 6.45) is 1.72. The van der Waals surface area contributed by atoms with E-state index in [0.29, 0.717) is 6.54 Å². The van der Waals surface area contributed by atoms with Crippen molar-refractivity contribution in [3.8, 4) is 11.3 Å². The Labute approximate surface area is 152 Å². The van der Waals surface area contributed by atoms with Crippen LogP contribution in [0.5, 0.6) is 0 Å². The van der Waals surface area contributed by atoms with Crippen molar-refractivity contribution in [1.29, 1.82) is 0 Å². The van der Waals surface area contributed by atoms with Crippen LogP contribution in [0.1, 0.15) is 11.1 Å². The summed E-state index contributed by atoms with van der Waals surface area (Å²) in [7, 11) is 0. The zero-order valence-corrected chi connectivity index (χ0v) is 14.9. The van der Waals surface area contributed by atoms with Crippen molar-refractivity contribution in [3.05, 3.63) is 70.6 Å². The van der Waals surface area contributed by atoms with Gasteiger partial charge < -0.3 is 5.32 Å². The predicted octanol–water partition coefficient (Wildman–Crippen LogP) is 5.17. The molecule has 0 saturated carbocycles. The first-order valence-corrected chi connectivity index (χ1v) is 8.89. The molecule has 0 saturated heterocycles. The number of aryl methyl sites for hydroxylation is 1. The Bertz CT molecular complexity index is 1060. The molecule has 4 aromatic rings. The van der Waals surface area contributed by atoms with Gasteiger partial charge in [0.25, 0.3) is 0 Å². The molecule has 1 N–H and O–H groups in total. The van der Waals surface area contributed by atoms with Gasteiger partial charge in [0.2, 0.25) is 10.1 Å². The summed E-state index contributed by atoms with van der Waals surface area (Å²) in [6, 6.07) is 12.8. The van der Waals surface area contributed by atoms with Gasteiger partial charge in [0.05, 0.1) is 16.9 Å². The number of fused-ring (bicyclic) bond motifs is 1. The molecule has 25 heavy (non-hydrogen) atoms. The lowest BCUT2D eigenvalue weighted by molar-refractivity contribution is 0.628. The Morgan fingerprint density at radius 3 is 2.88 bits per heavy atom. The van der Waals surface area contributed by atoms with E-state index in [9.17, 15) is 4.39 Å². The molecular formula is C18H14ClFN4S. The number of benzene rings is 2. The normalized spacial score (nSPS) is 11.2. The highest BCUT2D eigenvalue weighted by molar-refractivity contribution is 7.20. The van der Waals surface area contributed by atoms with Crippen LogP contribution < -0.4 is 5.32 Å². The first kappa shape index (κ1) is 16.1. The molecule has 0 fully saturated rings. The summed E-state index contributed by atoms with van der Waals surface area (Å²) in [5.74, 6) is -0.440. The van der Waals surface area contributed by atoms with E-state index in [1.54, 1.807) is 22.8 Å². The highest BCUT2D eigenvalue weighted by Crippen LogP contribution is 2.28. The molecule has 0 aliphatic carbocycles. The maximum atomic E-state index is 13.4. The lowest BCUT2D eigenvalue weighted by Crippen LogP contribution is -2.01. The summed E-state index contributed by atoms with van der Waals surface area (Å²) in [5.41, 5.74) is 4.01. The third-order valence-electron chi connectivity index (χ3n) is 3.99. The van der Waals surface area contributed by atoms with Gasteiger partial charge in [-0.1, -0.05) is 47.2 Å².